The van der Waals surface area contributed by atoms with Crippen LogP contribution in [0.2, 0.25) is 0 Å². The molecule has 4 rings (SSSR count). The van der Waals surface area contributed by atoms with Crippen molar-refractivity contribution in [2.45, 2.75) is 71.8 Å². The van der Waals surface area contributed by atoms with E-state index >= 15 is 0 Å². The lowest BCUT2D eigenvalue weighted by Gasteiger charge is -2.47. The lowest BCUT2D eigenvalue weighted by atomic mass is 9.65. The summed E-state index contributed by atoms with van der Waals surface area (Å²) in [5.41, 5.74) is 4.05. The van der Waals surface area contributed by atoms with Crippen LogP contribution in [0.5, 0.6) is 0 Å². The Morgan fingerprint density at radius 3 is 2.66 bits per heavy atom. The molecule has 0 atom stereocenters. The molecule has 2 fully saturated rings. The molecule has 2 bridgehead atoms. The van der Waals surface area contributed by atoms with Gasteiger partial charge in [0.25, 0.3) is 0 Å². The van der Waals surface area contributed by atoms with E-state index in [2.05, 4.69) is 42.1 Å². The Morgan fingerprint density at radius 2 is 2.03 bits per heavy atom. The van der Waals surface area contributed by atoms with Crippen LogP contribution in [0.1, 0.15) is 65.7 Å². The molecule has 0 amide bonds. The largest absolute Gasteiger partial charge is 0.386 e. The third-order valence-electron chi connectivity index (χ3n) is 6.36. The Kier molecular flexibility index (Phi) is 9.35. The van der Waals surface area contributed by atoms with Crippen molar-refractivity contribution in [2.75, 3.05) is 20.1 Å². The van der Waals surface area contributed by atoms with Gasteiger partial charge in [-0.05, 0) is 71.1 Å². The summed E-state index contributed by atoms with van der Waals surface area (Å²) in [6, 6.07) is 0.504. The second-order valence-corrected chi connectivity index (χ2v) is 9.03. The van der Waals surface area contributed by atoms with Crippen LogP contribution in [0.3, 0.4) is 0 Å². The van der Waals surface area contributed by atoms with Gasteiger partial charge in [0.05, 0.1) is 6.21 Å². The van der Waals surface area contributed by atoms with Crippen LogP contribution in [0.15, 0.2) is 52.5 Å². The number of hydrogen-bond acceptors (Lipinski definition) is 3. The van der Waals surface area contributed by atoms with Crippen molar-refractivity contribution in [2.24, 2.45) is 16.3 Å². The highest BCUT2D eigenvalue weighted by Crippen LogP contribution is 2.41. The van der Waals surface area contributed by atoms with Gasteiger partial charge in [-0.15, -0.1) is 0 Å². The molecule has 3 nitrogen and oxygen atoms in total. The van der Waals surface area contributed by atoms with Gasteiger partial charge in [-0.2, -0.15) is 0 Å². The van der Waals surface area contributed by atoms with Crippen LogP contribution >= 0.6 is 0 Å². The molecule has 2 aliphatic carbocycles. The summed E-state index contributed by atoms with van der Waals surface area (Å²) in [5, 5.41) is 6.63. The number of nitrogens with zero attached hydrogens (tertiary/aromatic N) is 1. The average molecular weight is 402 g/mol. The fourth-order valence-electron chi connectivity index (χ4n) is 4.66. The van der Waals surface area contributed by atoms with Crippen LogP contribution in [0.25, 0.3) is 0 Å². The number of halogens is 1. The van der Waals surface area contributed by atoms with Crippen molar-refractivity contribution < 1.29 is 4.39 Å². The van der Waals surface area contributed by atoms with Gasteiger partial charge in [0.15, 0.2) is 0 Å². The molecule has 2 saturated carbocycles. The van der Waals surface area contributed by atoms with Gasteiger partial charge in [0.1, 0.15) is 5.83 Å². The van der Waals surface area contributed by atoms with E-state index in [-0.39, 0.29) is 11.2 Å². The highest BCUT2D eigenvalue weighted by molar-refractivity contribution is 5.76. The summed E-state index contributed by atoms with van der Waals surface area (Å²) in [5.74, 6) is 0.582. The number of allylic oxidation sites excluding steroid dienone is 7. The predicted octanol–water partition coefficient (Wildman–Crippen LogP) is 5.87. The molecule has 2 aliphatic heterocycles. The molecule has 0 aromatic rings. The molecule has 0 saturated heterocycles. The maximum atomic E-state index is 13.3. The molecule has 4 heteroatoms. The second-order valence-electron chi connectivity index (χ2n) is 9.03. The van der Waals surface area contributed by atoms with E-state index in [9.17, 15) is 4.39 Å². The predicted molar refractivity (Wildman–Crippen MR) is 124 cm³/mol. The SMILES string of the molecule is C=C(/C=C(\C)C1CCCC1)CC.CNCC12CN=C/C(F)=C\C=C(\C)NC(C1)C2. The van der Waals surface area contributed by atoms with Crippen LogP contribution in [-0.4, -0.2) is 32.4 Å². The Hall–Kier alpha value is -1.68. The molecular formula is C25H40FN3. The highest BCUT2D eigenvalue weighted by atomic mass is 19.1. The maximum absolute atomic E-state index is 13.3. The van der Waals surface area contributed by atoms with Crippen LogP contribution in [-0.2, 0) is 0 Å². The first-order valence-corrected chi connectivity index (χ1v) is 11.2. The first kappa shape index (κ1) is 23.6. The number of fused-ring (bicyclic) bond motifs is 4. The Labute approximate surface area is 177 Å². The maximum Gasteiger partial charge on any atom is 0.141 e. The minimum atomic E-state index is -0.287. The van der Waals surface area contributed by atoms with Gasteiger partial charge < -0.3 is 10.6 Å². The van der Waals surface area contributed by atoms with Crippen molar-refractivity contribution in [3.8, 4) is 0 Å². The Balaban J connectivity index is 0.000000221. The van der Waals surface area contributed by atoms with Crippen LogP contribution in [0, 0.1) is 11.3 Å². The minimum absolute atomic E-state index is 0.202. The molecular weight excluding hydrogens is 361 g/mol. The quantitative estimate of drug-likeness (QED) is 0.565. The number of aliphatic imine (C=N–C) groups is 1. The lowest BCUT2D eigenvalue weighted by molar-refractivity contribution is 0.0994. The molecule has 162 valence electrons. The zero-order valence-corrected chi connectivity index (χ0v) is 18.9. The summed E-state index contributed by atoms with van der Waals surface area (Å²) in [6.07, 6.45) is 15.8. The molecule has 0 radical (unpaired) electrons. The average Bonchev–Trinajstić information content (AvgIpc) is 3.19. The normalized spacial score (nSPS) is 31.1. The summed E-state index contributed by atoms with van der Waals surface area (Å²) in [4.78, 5) is 4.22. The van der Waals surface area contributed by atoms with Gasteiger partial charge in [-0.1, -0.05) is 43.6 Å². The molecule has 4 aliphatic rings. The van der Waals surface area contributed by atoms with E-state index in [1.807, 2.05) is 14.0 Å². The summed E-state index contributed by atoms with van der Waals surface area (Å²) in [7, 11) is 1.95. The smallest absolute Gasteiger partial charge is 0.141 e. The number of nitrogens with one attached hydrogen (secondary N) is 2. The van der Waals surface area contributed by atoms with E-state index in [0.29, 0.717) is 12.6 Å². The van der Waals surface area contributed by atoms with Gasteiger partial charge in [-0.3, -0.25) is 4.99 Å². The standard InChI is InChI=1S/C13H20FN3.C12H20/c1-10-3-4-11(14)7-16-9-13(8-15-2)5-12(6-13)17-10;1-4-10(2)9-11(3)12-7-5-6-8-12/h3-4,7,12,15,17H,5-6,8-9H2,1-2H3;9,12H,2,4-8H2,1,3H3/b10-3-,11-4+,16-7?;11-9+. The zero-order valence-electron chi connectivity index (χ0n) is 18.9. The van der Waals surface area contributed by atoms with Crippen LogP contribution in [0.4, 0.5) is 4.39 Å². The molecule has 2 N–H and O–H groups in total. The first-order valence-electron chi connectivity index (χ1n) is 11.2. The third kappa shape index (κ3) is 7.58. The second kappa shape index (κ2) is 11.5. The van der Waals surface area contributed by atoms with Crippen molar-refractivity contribution in [3.05, 3.63) is 47.5 Å². The number of hydrogen-bond donors (Lipinski definition) is 2. The Bertz CT molecular complexity index is 660. The minimum Gasteiger partial charge on any atom is -0.386 e. The van der Waals surface area contributed by atoms with Crippen molar-refractivity contribution in [3.63, 3.8) is 0 Å². The molecule has 2 heterocycles. The fraction of sp³-hybridized carbons (Fsp3) is 0.640. The van der Waals surface area contributed by atoms with E-state index in [1.54, 1.807) is 11.6 Å². The molecule has 0 aromatic heterocycles. The fourth-order valence-corrected chi connectivity index (χ4v) is 4.66. The molecule has 29 heavy (non-hydrogen) atoms. The van der Waals surface area contributed by atoms with Gasteiger partial charge in [-0.25, -0.2) is 4.39 Å². The van der Waals surface area contributed by atoms with Gasteiger partial charge in [0, 0.05) is 30.2 Å². The first-order chi connectivity index (χ1) is 13.9. The molecule has 0 unspecified atom stereocenters. The van der Waals surface area contributed by atoms with Crippen LogP contribution < -0.4 is 10.6 Å². The van der Waals surface area contributed by atoms with Crippen molar-refractivity contribution in [1.82, 2.24) is 10.6 Å². The van der Waals surface area contributed by atoms with E-state index < -0.39 is 0 Å². The lowest BCUT2D eigenvalue weighted by Crippen LogP contribution is -2.54. The van der Waals surface area contributed by atoms with Crippen molar-refractivity contribution in [1.29, 1.82) is 0 Å². The van der Waals surface area contributed by atoms with Gasteiger partial charge in [0.2, 0.25) is 0 Å². The zero-order chi connectivity index (χ0) is 21.3. The summed E-state index contributed by atoms with van der Waals surface area (Å²) < 4.78 is 13.3. The summed E-state index contributed by atoms with van der Waals surface area (Å²) in [6.45, 7) is 12.0. The van der Waals surface area contributed by atoms with E-state index in [1.165, 1.54) is 43.5 Å². The topological polar surface area (TPSA) is 36.4 Å². The monoisotopic (exact) mass is 401 g/mol. The van der Waals surface area contributed by atoms with Crippen molar-refractivity contribution >= 4 is 6.21 Å². The number of rotatable bonds is 5. The Morgan fingerprint density at radius 1 is 1.34 bits per heavy atom. The molecule has 0 aromatic carbocycles. The van der Waals surface area contributed by atoms with E-state index in [4.69, 9.17) is 0 Å². The van der Waals surface area contributed by atoms with Gasteiger partial charge >= 0.3 is 0 Å². The highest BCUT2D eigenvalue weighted by Gasteiger charge is 2.43. The third-order valence-corrected chi connectivity index (χ3v) is 6.36. The molecule has 0 spiro atoms. The summed E-state index contributed by atoms with van der Waals surface area (Å²) >= 11 is 0. The van der Waals surface area contributed by atoms with E-state index in [0.717, 1.165) is 37.4 Å².